The number of quaternary nitrogens is 1. The molecule has 7 rings (SSSR count). The number of carbonyl (C=O) groups is 2. The number of nitrogens with one attached hydrogen (secondary N) is 1. The Bertz CT molecular complexity index is 2570. The van der Waals surface area contributed by atoms with E-state index in [-0.39, 0.29) is 39.7 Å². The Morgan fingerprint density at radius 1 is 0.885 bits per heavy atom. The molecule has 1 aliphatic carbocycles. The Morgan fingerprint density at radius 2 is 1.52 bits per heavy atom. The van der Waals surface area contributed by atoms with Crippen molar-refractivity contribution in [3.8, 4) is 22.8 Å². The van der Waals surface area contributed by atoms with Gasteiger partial charge in [0.05, 0.1) is 67.5 Å². The number of benzene rings is 3. The third-order valence-corrected chi connectivity index (χ3v) is 12.2. The van der Waals surface area contributed by atoms with Crippen LogP contribution in [0.5, 0.6) is 0 Å². The first-order valence-corrected chi connectivity index (χ1v) is 21.1. The van der Waals surface area contributed by atoms with Crippen molar-refractivity contribution in [1.29, 1.82) is 0 Å². The predicted octanol–water partition coefficient (Wildman–Crippen LogP) is 6.17. The molecule has 3 heterocycles. The minimum absolute atomic E-state index is 0.0606. The molecule has 2 aliphatic rings. The summed E-state index contributed by atoms with van der Waals surface area (Å²) in [6.07, 6.45) is 1.07. The third-order valence-electron chi connectivity index (χ3n) is 11.3. The highest BCUT2D eigenvalue weighted by Crippen LogP contribution is 2.33. The number of hydrogen-bond donors (Lipinski definition) is 1. The van der Waals surface area contributed by atoms with Crippen LogP contribution in [-0.4, -0.2) is 99.6 Å². The van der Waals surface area contributed by atoms with Gasteiger partial charge >= 0.3 is 6.18 Å². The zero-order chi connectivity index (χ0) is 44.3. The molecule has 0 spiro atoms. The second-order valence-electron chi connectivity index (χ2n) is 16.1. The summed E-state index contributed by atoms with van der Waals surface area (Å²) in [4.78, 5) is 46.9. The number of hydrogen-bond acceptors (Lipinski definition) is 7. The van der Waals surface area contributed by atoms with Crippen LogP contribution in [0.2, 0.25) is 0 Å². The van der Waals surface area contributed by atoms with Crippen molar-refractivity contribution >= 4 is 27.6 Å². The largest absolute Gasteiger partial charge is 0.744 e. The number of piperidine rings is 1. The highest BCUT2D eigenvalue weighted by molar-refractivity contribution is 7.85. The molecule has 322 valence electrons. The first kappa shape index (κ1) is 44.5. The average molecular weight is 861 g/mol. The van der Waals surface area contributed by atoms with Gasteiger partial charge in [-0.3, -0.25) is 19.1 Å². The van der Waals surface area contributed by atoms with Crippen molar-refractivity contribution in [3.63, 3.8) is 0 Å². The van der Waals surface area contributed by atoms with Crippen molar-refractivity contribution in [2.45, 2.75) is 61.7 Å². The third kappa shape index (κ3) is 10.1. The Morgan fingerprint density at radius 3 is 2.08 bits per heavy atom. The van der Waals surface area contributed by atoms with Gasteiger partial charge in [0.25, 0.3) is 11.5 Å². The lowest BCUT2D eigenvalue weighted by Crippen LogP contribution is -2.53. The van der Waals surface area contributed by atoms with Crippen LogP contribution in [0, 0.1) is 12.5 Å². The van der Waals surface area contributed by atoms with E-state index < -0.39 is 33.3 Å². The van der Waals surface area contributed by atoms with Crippen molar-refractivity contribution in [2.24, 2.45) is 13.0 Å². The molecular weight excluding hydrogens is 814 g/mol. The van der Waals surface area contributed by atoms with Crippen molar-refractivity contribution in [3.05, 3.63) is 124 Å². The molecule has 0 bridgehead atoms. The first-order chi connectivity index (χ1) is 28.8. The summed E-state index contributed by atoms with van der Waals surface area (Å²) in [7, 11) is 3.80. The number of amides is 2. The van der Waals surface area contributed by atoms with Crippen LogP contribution >= 0.6 is 0 Å². The van der Waals surface area contributed by atoms with E-state index in [1.165, 1.54) is 59.0 Å². The van der Waals surface area contributed by atoms with Crippen LogP contribution in [0.3, 0.4) is 0 Å². The summed E-state index contributed by atoms with van der Waals surface area (Å²) < 4.78 is 76.7. The van der Waals surface area contributed by atoms with Gasteiger partial charge in [0.1, 0.15) is 21.4 Å². The summed E-state index contributed by atoms with van der Waals surface area (Å²) in [6.45, 7) is 8.75. The van der Waals surface area contributed by atoms with E-state index in [9.17, 15) is 40.5 Å². The second kappa shape index (κ2) is 17.9. The molecule has 2 aromatic heterocycles. The van der Waals surface area contributed by atoms with Gasteiger partial charge in [0, 0.05) is 44.9 Å². The number of alkyl halides is 3. The predicted molar refractivity (Wildman–Crippen MR) is 220 cm³/mol. The van der Waals surface area contributed by atoms with E-state index >= 15 is 0 Å². The Hall–Kier alpha value is -6.03. The quantitative estimate of drug-likeness (QED) is 0.111. The van der Waals surface area contributed by atoms with Crippen LogP contribution < -0.4 is 10.9 Å². The van der Waals surface area contributed by atoms with Crippen LogP contribution in [0.1, 0.15) is 54.4 Å². The number of rotatable bonds is 8. The Balaban J connectivity index is 0.000000546. The fourth-order valence-electron chi connectivity index (χ4n) is 8.01. The zero-order valence-electron chi connectivity index (χ0n) is 34.2. The summed E-state index contributed by atoms with van der Waals surface area (Å²) in [6, 6.07) is 20.0. The molecule has 3 aromatic carbocycles. The Kier molecular flexibility index (Phi) is 13.1. The van der Waals surface area contributed by atoms with Gasteiger partial charge in [-0.25, -0.2) is 22.6 Å². The summed E-state index contributed by atoms with van der Waals surface area (Å²) in [5.74, 6) is -0.635. The molecule has 1 N–H and O–H groups in total. The lowest BCUT2D eigenvalue weighted by atomic mass is 9.84. The fraction of sp³-hybridized carbons (Fsp3) is 0.372. The summed E-state index contributed by atoms with van der Waals surface area (Å²) in [5.41, 5.74) is -0.556. The monoisotopic (exact) mass is 860 g/mol. The molecule has 2 fully saturated rings. The second-order valence-corrected chi connectivity index (χ2v) is 17.5. The van der Waals surface area contributed by atoms with Crippen molar-refractivity contribution in [1.82, 2.24) is 29.4 Å². The average Bonchev–Trinajstić information content (AvgIpc) is 3.82. The maximum atomic E-state index is 14.2. The van der Waals surface area contributed by atoms with E-state index in [0.717, 1.165) is 47.2 Å². The van der Waals surface area contributed by atoms with Gasteiger partial charge in [-0.2, -0.15) is 18.3 Å². The van der Waals surface area contributed by atoms with Gasteiger partial charge in [0.2, 0.25) is 5.91 Å². The standard InChI is InChI=1S/C37H41F3N8O3.C6H6O3S/c1-41-26-13-15-28(16-14-26)46-31(17-20-42-46)33-32(36(51)47(44(33)2)29-8-6-7-25(23-29)37(38,39)40)34(49)43-27-11-9-24(10-12-27)35(50)45-21-18-30(19-22-45)48(3,4)5;7-10(8,9)6-4-2-1-3-5-6/h6-8,13-17,20,23-24,27,30H,9-12,18-19,21-22H2,2-5H3;1-5H,(H,7,8,9). The molecule has 2 amide bonds. The minimum atomic E-state index is -4.65. The van der Waals surface area contributed by atoms with Gasteiger partial charge in [0.15, 0.2) is 5.69 Å². The molecule has 14 nitrogen and oxygen atoms in total. The summed E-state index contributed by atoms with van der Waals surface area (Å²) in [5, 5.41) is 7.42. The topological polar surface area (TPSA) is 156 Å². The molecule has 0 radical (unpaired) electrons. The molecule has 1 aliphatic heterocycles. The molecule has 1 saturated carbocycles. The van der Waals surface area contributed by atoms with Crippen LogP contribution in [0.15, 0.2) is 101 Å². The number of nitrogens with zero attached hydrogens (tertiary/aromatic N) is 7. The van der Waals surface area contributed by atoms with E-state index in [1.807, 2.05) is 4.90 Å². The number of likely N-dealkylation sites (tertiary alicyclic amines) is 1. The van der Waals surface area contributed by atoms with E-state index in [4.69, 9.17) is 6.57 Å². The summed E-state index contributed by atoms with van der Waals surface area (Å²) >= 11 is 0. The minimum Gasteiger partial charge on any atom is -0.744 e. The first-order valence-electron chi connectivity index (χ1n) is 19.7. The normalized spacial score (nSPS) is 17.5. The molecule has 0 unspecified atom stereocenters. The van der Waals surface area contributed by atoms with Crippen LogP contribution in [0.25, 0.3) is 27.6 Å². The molecule has 1 saturated heterocycles. The number of carbonyl (C=O) groups excluding carboxylic acids is 2. The van der Waals surface area contributed by atoms with Gasteiger partial charge in [-0.05, 0) is 74.2 Å². The van der Waals surface area contributed by atoms with E-state index in [1.54, 1.807) is 36.4 Å². The molecule has 0 atom stereocenters. The van der Waals surface area contributed by atoms with Gasteiger partial charge < -0.3 is 19.3 Å². The maximum absolute atomic E-state index is 14.2. The molecule has 5 aromatic rings. The molecule has 61 heavy (non-hydrogen) atoms. The van der Waals surface area contributed by atoms with Gasteiger partial charge in [-0.1, -0.05) is 36.4 Å². The van der Waals surface area contributed by atoms with Crippen molar-refractivity contribution < 1.29 is 40.2 Å². The van der Waals surface area contributed by atoms with E-state index in [0.29, 0.717) is 48.8 Å². The van der Waals surface area contributed by atoms with Crippen LogP contribution in [-0.2, 0) is 28.1 Å². The van der Waals surface area contributed by atoms with Crippen molar-refractivity contribution in [2.75, 3.05) is 34.2 Å². The smallest absolute Gasteiger partial charge is 0.416 e. The lowest BCUT2D eigenvalue weighted by molar-refractivity contribution is -0.897. The molecule has 18 heteroatoms. The maximum Gasteiger partial charge on any atom is 0.416 e. The number of halogens is 3. The van der Waals surface area contributed by atoms with Crippen LogP contribution in [0.4, 0.5) is 18.9 Å². The van der Waals surface area contributed by atoms with E-state index in [2.05, 4.69) is 36.4 Å². The molecular formula is C43H47F3N8O6S. The SMILES string of the molecule is O=S(=O)([O-])c1ccccc1.[C-]#[N+]c1ccc(-n2nccc2-c2c(C(=O)NC3CCC(C(=O)N4CCC([N+](C)(C)C)CC4)CC3)c(=O)n(-c3cccc(C(F)(F)F)c3)n2C)cc1. The highest BCUT2D eigenvalue weighted by atomic mass is 32.2. The lowest BCUT2D eigenvalue weighted by Gasteiger charge is -2.41. The zero-order valence-corrected chi connectivity index (χ0v) is 35.0. The Labute approximate surface area is 352 Å². The van der Waals surface area contributed by atoms with Gasteiger partial charge in [-0.15, -0.1) is 0 Å². The fourth-order valence-corrected chi connectivity index (χ4v) is 8.50. The number of aromatic nitrogens is 4. The highest BCUT2D eigenvalue weighted by Gasteiger charge is 2.37.